The first-order chi connectivity index (χ1) is 3.98. The van der Waals surface area contributed by atoms with Crippen molar-refractivity contribution >= 4 is 18.4 Å². The van der Waals surface area contributed by atoms with E-state index in [4.69, 9.17) is 0 Å². The topological polar surface area (TPSA) is 17.1 Å². The SMILES string of the molecule is O=C(/C=C/S)C(F)(F)F. The molecule has 52 valence electrons. The molecule has 0 bridgehead atoms. The molecule has 0 aliphatic heterocycles. The van der Waals surface area contributed by atoms with E-state index in [1.807, 2.05) is 0 Å². The fourth-order valence-electron chi connectivity index (χ4n) is 0.162. The summed E-state index contributed by atoms with van der Waals surface area (Å²) in [6, 6.07) is 0. The fourth-order valence-corrected chi connectivity index (χ4v) is 0.298. The highest BCUT2D eigenvalue weighted by molar-refractivity contribution is 7.83. The molecule has 0 N–H and O–H groups in total. The Kier molecular flexibility index (Phi) is 2.76. The van der Waals surface area contributed by atoms with Gasteiger partial charge in [-0.25, -0.2) is 0 Å². The van der Waals surface area contributed by atoms with Crippen LogP contribution in [0, 0.1) is 0 Å². The first-order valence-electron chi connectivity index (χ1n) is 1.90. The molecule has 0 saturated carbocycles. The highest BCUT2D eigenvalue weighted by Crippen LogP contribution is 2.16. The molecule has 0 fully saturated rings. The second kappa shape index (κ2) is 2.91. The van der Waals surface area contributed by atoms with E-state index in [9.17, 15) is 18.0 Å². The quantitative estimate of drug-likeness (QED) is 0.450. The van der Waals surface area contributed by atoms with Gasteiger partial charge in [-0.1, -0.05) is 0 Å². The Morgan fingerprint density at radius 2 is 1.89 bits per heavy atom. The van der Waals surface area contributed by atoms with E-state index in [0.29, 0.717) is 6.08 Å². The molecule has 0 aliphatic carbocycles. The van der Waals surface area contributed by atoms with Crippen LogP contribution in [0.2, 0.25) is 0 Å². The van der Waals surface area contributed by atoms with Gasteiger partial charge in [0.15, 0.2) is 0 Å². The molecule has 0 aromatic rings. The number of halogens is 3. The Morgan fingerprint density at radius 3 is 2.00 bits per heavy atom. The van der Waals surface area contributed by atoms with Crippen molar-refractivity contribution < 1.29 is 18.0 Å². The molecule has 0 saturated heterocycles. The summed E-state index contributed by atoms with van der Waals surface area (Å²) in [6.07, 6.45) is -4.41. The van der Waals surface area contributed by atoms with Gasteiger partial charge in [0.1, 0.15) is 0 Å². The van der Waals surface area contributed by atoms with Gasteiger partial charge >= 0.3 is 6.18 Å². The lowest BCUT2D eigenvalue weighted by molar-refractivity contribution is -0.165. The van der Waals surface area contributed by atoms with Crippen LogP contribution in [0.4, 0.5) is 13.2 Å². The van der Waals surface area contributed by atoms with Gasteiger partial charge in [-0.15, -0.1) is 0 Å². The molecule has 0 aromatic heterocycles. The van der Waals surface area contributed by atoms with Crippen LogP contribution in [0.15, 0.2) is 11.5 Å². The third-order valence-corrected chi connectivity index (χ3v) is 0.654. The monoisotopic (exact) mass is 156 g/mol. The number of carbonyl (C=O) groups is 1. The van der Waals surface area contributed by atoms with Crippen molar-refractivity contribution in [2.24, 2.45) is 0 Å². The molecular weight excluding hydrogens is 153 g/mol. The maximum Gasteiger partial charge on any atom is 0.454 e. The van der Waals surface area contributed by atoms with E-state index < -0.39 is 12.0 Å². The number of allylic oxidation sites excluding steroid dienone is 1. The van der Waals surface area contributed by atoms with Gasteiger partial charge in [0, 0.05) is 0 Å². The van der Waals surface area contributed by atoms with Gasteiger partial charge in [0.05, 0.1) is 0 Å². The van der Waals surface area contributed by atoms with E-state index >= 15 is 0 Å². The number of thiol groups is 1. The van der Waals surface area contributed by atoms with Gasteiger partial charge in [0.2, 0.25) is 0 Å². The summed E-state index contributed by atoms with van der Waals surface area (Å²) in [5.74, 6) is -1.89. The molecule has 0 spiro atoms. The highest BCUT2D eigenvalue weighted by atomic mass is 32.1. The van der Waals surface area contributed by atoms with E-state index in [-0.39, 0.29) is 0 Å². The maximum atomic E-state index is 11.2. The van der Waals surface area contributed by atoms with Crippen LogP contribution in [-0.4, -0.2) is 12.0 Å². The van der Waals surface area contributed by atoms with Crippen molar-refractivity contribution in [2.75, 3.05) is 0 Å². The van der Waals surface area contributed by atoms with Crippen molar-refractivity contribution in [2.45, 2.75) is 6.18 Å². The first-order valence-corrected chi connectivity index (χ1v) is 2.42. The third kappa shape index (κ3) is 3.18. The molecule has 0 radical (unpaired) electrons. The van der Waals surface area contributed by atoms with Crippen LogP contribution in [-0.2, 0) is 4.79 Å². The molecule has 1 nitrogen and oxygen atoms in total. The zero-order valence-electron chi connectivity index (χ0n) is 4.14. The van der Waals surface area contributed by atoms with Crippen molar-refractivity contribution in [1.82, 2.24) is 0 Å². The van der Waals surface area contributed by atoms with Crippen molar-refractivity contribution in [3.8, 4) is 0 Å². The molecule has 0 aliphatic rings. The lowest BCUT2D eigenvalue weighted by Gasteiger charge is -1.97. The van der Waals surface area contributed by atoms with Crippen molar-refractivity contribution in [3.63, 3.8) is 0 Å². The van der Waals surface area contributed by atoms with E-state index in [1.165, 1.54) is 0 Å². The van der Waals surface area contributed by atoms with Gasteiger partial charge in [0.25, 0.3) is 5.78 Å². The van der Waals surface area contributed by atoms with Crippen molar-refractivity contribution in [3.05, 3.63) is 11.5 Å². The number of ketones is 1. The summed E-state index contributed by atoms with van der Waals surface area (Å²) in [7, 11) is 0. The molecule has 0 unspecified atom stereocenters. The van der Waals surface area contributed by atoms with Gasteiger partial charge < -0.3 is 0 Å². The number of rotatable bonds is 1. The van der Waals surface area contributed by atoms with Gasteiger partial charge in [-0.3, -0.25) is 4.79 Å². The summed E-state index contributed by atoms with van der Waals surface area (Å²) >= 11 is 3.29. The minimum absolute atomic E-state index is 0.350. The van der Waals surface area contributed by atoms with Crippen molar-refractivity contribution in [1.29, 1.82) is 0 Å². The Balaban J connectivity index is 4.06. The smallest absolute Gasteiger partial charge is 0.285 e. The Labute approximate surface area is 55.0 Å². The standard InChI is InChI=1S/C4H3F3OS/c5-4(6,7)3(8)1-2-9/h1-2,9H/b2-1+. The molecule has 0 amide bonds. The summed E-state index contributed by atoms with van der Waals surface area (Å²) in [5, 5.41) is 0.746. The van der Waals surface area contributed by atoms with Crippen LogP contribution in [0.3, 0.4) is 0 Å². The molecule has 0 aromatic carbocycles. The maximum absolute atomic E-state index is 11.2. The number of alkyl halides is 3. The molecule has 5 heteroatoms. The normalized spacial score (nSPS) is 12.4. The van der Waals surface area contributed by atoms with Crippen LogP contribution in [0.25, 0.3) is 0 Å². The lowest BCUT2D eigenvalue weighted by atomic mass is 10.4. The molecule has 0 heterocycles. The predicted molar refractivity (Wildman–Crippen MR) is 29.2 cm³/mol. The minimum atomic E-state index is -4.76. The zero-order chi connectivity index (χ0) is 7.49. The average molecular weight is 156 g/mol. The van der Waals surface area contributed by atoms with Crippen LogP contribution in [0.1, 0.15) is 0 Å². The van der Waals surface area contributed by atoms with Crippen LogP contribution < -0.4 is 0 Å². The predicted octanol–water partition coefficient (Wildman–Crippen LogP) is 1.56. The Hall–Kier alpha value is -0.450. The summed E-state index contributed by atoms with van der Waals surface area (Å²) in [6.45, 7) is 0. The number of hydrogen-bond acceptors (Lipinski definition) is 2. The second-order valence-electron chi connectivity index (χ2n) is 1.18. The molecular formula is C4H3F3OS. The summed E-state index contributed by atoms with van der Waals surface area (Å²) in [5.41, 5.74) is 0. The Bertz CT molecular complexity index is 137. The van der Waals surface area contributed by atoms with E-state index in [0.717, 1.165) is 5.41 Å². The highest BCUT2D eigenvalue weighted by Gasteiger charge is 2.35. The van der Waals surface area contributed by atoms with Crippen LogP contribution in [0.5, 0.6) is 0 Å². The second-order valence-corrected chi connectivity index (χ2v) is 1.48. The number of carbonyl (C=O) groups excluding carboxylic acids is 1. The van der Waals surface area contributed by atoms with E-state index in [1.54, 1.807) is 0 Å². The molecule has 9 heavy (non-hydrogen) atoms. The Morgan fingerprint density at radius 1 is 1.44 bits per heavy atom. The van der Waals surface area contributed by atoms with Gasteiger partial charge in [-0.2, -0.15) is 25.8 Å². The average Bonchev–Trinajstić information content (AvgIpc) is 1.64. The van der Waals surface area contributed by atoms with E-state index in [2.05, 4.69) is 12.6 Å². The molecule has 0 rings (SSSR count). The fraction of sp³-hybridized carbons (Fsp3) is 0.250. The lowest BCUT2D eigenvalue weighted by Crippen LogP contribution is -2.19. The largest absolute Gasteiger partial charge is 0.454 e. The van der Waals surface area contributed by atoms with Crippen LogP contribution >= 0.6 is 12.6 Å². The third-order valence-electron chi connectivity index (χ3n) is 0.505. The number of hydrogen-bond donors (Lipinski definition) is 1. The summed E-state index contributed by atoms with van der Waals surface area (Å²) < 4.78 is 33.6. The minimum Gasteiger partial charge on any atom is -0.285 e. The summed E-state index contributed by atoms with van der Waals surface area (Å²) in [4.78, 5) is 9.80. The zero-order valence-corrected chi connectivity index (χ0v) is 5.04. The molecule has 0 atom stereocenters. The first kappa shape index (κ1) is 8.55. The van der Waals surface area contributed by atoms with Gasteiger partial charge in [-0.05, 0) is 11.5 Å².